The molecule has 1 aromatic heterocycles. The largest absolute Gasteiger partial charge is 0.356 e. The first-order chi connectivity index (χ1) is 11.2. The van der Waals surface area contributed by atoms with Crippen LogP contribution in [0.25, 0.3) is 11.0 Å². The predicted molar refractivity (Wildman–Crippen MR) is 88.4 cm³/mol. The average Bonchev–Trinajstić information content (AvgIpc) is 3.11. The number of fused-ring (bicyclic) bond motifs is 3. The highest BCUT2D eigenvalue weighted by Crippen LogP contribution is 2.26. The van der Waals surface area contributed by atoms with Gasteiger partial charge in [-0.1, -0.05) is 19.1 Å². The smallest absolute Gasteiger partial charge is 0.324 e. The number of hydrogen-bond acceptors (Lipinski definition) is 3. The molecule has 2 N–H and O–H groups in total. The standard InChI is InChI=1S/C16H21N5O2/c1-2-8-17-14(22)7-9-18-16(23)21-11-10-20-13-6-4-3-5-12(13)19-15(20)21/h3-6H,2,7-11H2,1H3,(H,17,22)(H,18,23). The SMILES string of the molecule is CCCNC(=O)CCNC(=O)N1CCn2c1nc1ccccc12. The van der Waals surface area contributed by atoms with Crippen LogP contribution in [0.4, 0.5) is 10.7 Å². The number of carbonyl (C=O) groups excluding carboxylic acids is 2. The molecular formula is C16H21N5O2. The fourth-order valence-electron chi connectivity index (χ4n) is 2.71. The van der Waals surface area contributed by atoms with Gasteiger partial charge in [-0.2, -0.15) is 0 Å². The molecule has 3 amide bonds. The fraction of sp³-hybridized carbons (Fsp3) is 0.438. The van der Waals surface area contributed by atoms with E-state index in [0.717, 1.165) is 24.0 Å². The Morgan fingerprint density at radius 1 is 1.17 bits per heavy atom. The molecule has 0 aliphatic carbocycles. The summed E-state index contributed by atoms with van der Waals surface area (Å²) in [5, 5.41) is 5.58. The summed E-state index contributed by atoms with van der Waals surface area (Å²) >= 11 is 0. The Labute approximate surface area is 134 Å². The number of rotatable bonds is 5. The fourth-order valence-corrected chi connectivity index (χ4v) is 2.71. The minimum absolute atomic E-state index is 0.0409. The number of urea groups is 1. The third-order valence-corrected chi connectivity index (χ3v) is 3.87. The molecule has 0 saturated carbocycles. The molecule has 0 saturated heterocycles. The molecule has 0 fully saturated rings. The zero-order chi connectivity index (χ0) is 16.2. The van der Waals surface area contributed by atoms with Gasteiger partial charge in [0.1, 0.15) is 0 Å². The molecule has 7 heteroatoms. The van der Waals surface area contributed by atoms with E-state index in [1.54, 1.807) is 4.90 Å². The van der Waals surface area contributed by atoms with Gasteiger partial charge in [0.15, 0.2) is 0 Å². The first kappa shape index (κ1) is 15.3. The number of benzene rings is 1. The van der Waals surface area contributed by atoms with E-state index < -0.39 is 0 Å². The van der Waals surface area contributed by atoms with Gasteiger partial charge < -0.3 is 15.2 Å². The Balaban J connectivity index is 1.59. The second-order valence-electron chi connectivity index (χ2n) is 5.54. The minimum Gasteiger partial charge on any atom is -0.356 e. The Kier molecular flexibility index (Phi) is 4.45. The highest BCUT2D eigenvalue weighted by atomic mass is 16.2. The third-order valence-electron chi connectivity index (χ3n) is 3.87. The van der Waals surface area contributed by atoms with Crippen LogP contribution < -0.4 is 15.5 Å². The number of amides is 3. The highest BCUT2D eigenvalue weighted by molar-refractivity contribution is 5.94. The number of carbonyl (C=O) groups is 2. The molecule has 0 radical (unpaired) electrons. The quantitative estimate of drug-likeness (QED) is 0.877. The predicted octanol–water partition coefficient (Wildman–Crippen LogP) is 1.48. The van der Waals surface area contributed by atoms with E-state index in [9.17, 15) is 9.59 Å². The molecule has 7 nitrogen and oxygen atoms in total. The summed E-state index contributed by atoms with van der Waals surface area (Å²) in [4.78, 5) is 30.0. The monoisotopic (exact) mass is 315 g/mol. The zero-order valence-electron chi connectivity index (χ0n) is 13.2. The summed E-state index contributed by atoms with van der Waals surface area (Å²) in [6, 6.07) is 7.64. The van der Waals surface area contributed by atoms with E-state index in [4.69, 9.17) is 0 Å². The molecular weight excluding hydrogens is 294 g/mol. The van der Waals surface area contributed by atoms with Crippen LogP contribution in [-0.4, -0.2) is 41.1 Å². The van der Waals surface area contributed by atoms with Gasteiger partial charge in [0.05, 0.1) is 11.0 Å². The Morgan fingerprint density at radius 3 is 2.83 bits per heavy atom. The van der Waals surface area contributed by atoms with Gasteiger partial charge in [-0.25, -0.2) is 9.78 Å². The average molecular weight is 315 g/mol. The summed E-state index contributed by atoms with van der Waals surface area (Å²) in [6.07, 6.45) is 1.19. The lowest BCUT2D eigenvalue weighted by molar-refractivity contribution is -0.120. The Bertz CT molecular complexity index is 724. The lowest BCUT2D eigenvalue weighted by atomic mass is 10.3. The van der Waals surface area contributed by atoms with Crippen LogP contribution in [0.5, 0.6) is 0 Å². The topological polar surface area (TPSA) is 79.3 Å². The van der Waals surface area contributed by atoms with Crippen molar-refractivity contribution in [3.05, 3.63) is 24.3 Å². The van der Waals surface area contributed by atoms with Gasteiger partial charge in [0.25, 0.3) is 0 Å². The van der Waals surface area contributed by atoms with Crippen LogP contribution >= 0.6 is 0 Å². The van der Waals surface area contributed by atoms with Gasteiger partial charge in [0.2, 0.25) is 11.9 Å². The lowest BCUT2D eigenvalue weighted by Gasteiger charge is -2.14. The van der Waals surface area contributed by atoms with E-state index in [1.807, 2.05) is 35.8 Å². The van der Waals surface area contributed by atoms with Crippen molar-refractivity contribution in [2.75, 3.05) is 24.5 Å². The number of para-hydroxylation sites is 2. The second-order valence-corrected chi connectivity index (χ2v) is 5.54. The molecule has 0 atom stereocenters. The molecule has 0 spiro atoms. The van der Waals surface area contributed by atoms with Gasteiger partial charge in [-0.3, -0.25) is 9.69 Å². The van der Waals surface area contributed by atoms with Crippen LogP contribution in [-0.2, 0) is 11.3 Å². The summed E-state index contributed by atoms with van der Waals surface area (Å²) < 4.78 is 2.04. The Hall–Kier alpha value is -2.57. The van der Waals surface area contributed by atoms with E-state index in [1.165, 1.54) is 0 Å². The van der Waals surface area contributed by atoms with Crippen molar-refractivity contribution in [2.24, 2.45) is 0 Å². The minimum atomic E-state index is -0.206. The van der Waals surface area contributed by atoms with Gasteiger partial charge in [-0.05, 0) is 18.6 Å². The first-order valence-corrected chi connectivity index (χ1v) is 7.98. The number of aromatic nitrogens is 2. The van der Waals surface area contributed by atoms with Gasteiger partial charge in [0, 0.05) is 32.6 Å². The molecule has 0 bridgehead atoms. The van der Waals surface area contributed by atoms with Crippen LogP contribution in [0.3, 0.4) is 0 Å². The normalized spacial score (nSPS) is 13.2. The summed E-state index contributed by atoms with van der Waals surface area (Å²) in [7, 11) is 0. The number of hydrogen-bond donors (Lipinski definition) is 2. The summed E-state index contributed by atoms with van der Waals surface area (Å²) in [5.74, 6) is 0.625. The molecule has 23 heavy (non-hydrogen) atoms. The van der Waals surface area contributed by atoms with Crippen LogP contribution in [0.1, 0.15) is 19.8 Å². The summed E-state index contributed by atoms with van der Waals surface area (Å²) in [6.45, 7) is 4.33. The molecule has 1 aliphatic heterocycles. The molecule has 1 aromatic carbocycles. The maximum absolute atomic E-state index is 12.3. The van der Waals surface area contributed by atoms with Crippen molar-refractivity contribution in [2.45, 2.75) is 26.3 Å². The van der Waals surface area contributed by atoms with Gasteiger partial charge >= 0.3 is 6.03 Å². The molecule has 122 valence electrons. The lowest BCUT2D eigenvalue weighted by Crippen LogP contribution is -2.40. The van der Waals surface area contributed by atoms with E-state index in [-0.39, 0.29) is 18.4 Å². The first-order valence-electron chi connectivity index (χ1n) is 7.98. The van der Waals surface area contributed by atoms with E-state index in [2.05, 4.69) is 15.6 Å². The van der Waals surface area contributed by atoms with Crippen LogP contribution in [0, 0.1) is 0 Å². The third kappa shape index (κ3) is 3.13. The number of anilines is 1. The number of nitrogens with zero attached hydrogens (tertiary/aromatic N) is 3. The van der Waals surface area contributed by atoms with E-state index >= 15 is 0 Å². The van der Waals surface area contributed by atoms with Gasteiger partial charge in [-0.15, -0.1) is 0 Å². The molecule has 2 aromatic rings. The highest BCUT2D eigenvalue weighted by Gasteiger charge is 2.28. The van der Waals surface area contributed by atoms with Crippen molar-refractivity contribution in [1.82, 2.24) is 20.2 Å². The number of imidazole rings is 1. The van der Waals surface area contributed by atoms with Crippen molar-refractivity contribution in [1.29, 1.82) is 0 Å². The molecule has 1 aliphatic rings. The molecule has 2 heterocycles. The zero-order valence-corrected chi connectivity index (χ0v) is 13.2. The van der Waals surface area contributed by atoms with Crippen molar-refractivity contribution < 1.29 is 9.59 Å². The van der Waals surface area contributed by atoms with Crippen LogP contribution in [0.2, 0.25) is 0 Å². The van der Waals surface area contributed by atoms with Crippen LogP contribution in [0.15, 0.2) is 24.3 Å². The second kappa shape index (κ2) is 6.68. The van der Waals surface area contributed by atoms with Crippen molar-refractivity contribution in [3.8, 4) is 0 Å². The Morgan fingerprint density at radius 2 is 2.00 bits per heavy atom. The number of nitrogens with one attached hydrogen (secondary N) is 2. The summed E-state index contributed by atoms with van der Waals surface area (Å²) in [5.41, 5.74) is 1.93. The maximum atomic E-state index is 12.3. The molecule has 0 unspecified atom stereocenters. The molecule has 3 rings (SSSR count). The van der Waals surface area contributed by atoms with Crippen molar-refractivity contribution in [3.63, 3.8) is 0 Å². The van der Waals surface area contributed by atoms with E-state index in [0.29, 0.717) is 25.6 Å². The van der Waals surface area contributed by atoms with Crippen molar-refractivity contribution >= 4 is 28.9 Å². The maximum Gasteiger partial charge on any atom is 0.324 e.